The summed E-state index contributed by atoms with van der Waals surface area (Å²) < 4.78 is 61.0. The Bertz CT molecular complexity index is 989. The van der Waals surface area contributed by atoms with Crippen LogP contribution in [0.15, 0.2) is 30.5 Å². The number of nitrogens with one attached hydrogen (secondary N) is 1. The van der Waals surface area contributed by atoms with Gasteiger partial charge in [-0.05, 0) is 60.9 Å². The summed E-state index contributed by atoms with van der Waals surface area (Å²) in [6.07, 6.45) is 1.40. The van der Waals surface area contributed by atoms with E-state index < -0.39 is 23.5 Å². The maximum absolute atomic E-state index is 14.7. The number of alkyl halides is 3. The molecule has 0 unspecified atom stereocenters. The second kappa shape index (κ2) is 12.1. The maximum Gasteiger partial charge on any atom is 0.417 e. The minimum Gasteiger partial charge on any atom is -0.474 e. The zero-order valence-electron chi connectivity index (χ0n) is 20.1. The lowest BCUT2D eigenvalue weighted by molar-refractivity contribution is -0.137. The van der Waals surface area contributed by atoms with Gasteiger partial charge < -0.3 is 4.74 Å². The van der Waals surface area contributed by atoms with E-state index in [-0.39, 0.29) is 17.5 Å². The monoisotopic (exact) mass is 513 g/mol. The van der Waals surface area contributed by atoms with Crippen molar-refractivity contribution in [2.24, 2.45) is 0 Å². The summed E-state index contributed by atoms with van der Waals surface area (Å²) in [4.78, 5) is 18.1. The molecule has 0 spiro atoms. The molecule has 1 aliphatic heterocycles. The summed E-state index contributed by atoms with van der Waals surface area (Å²) in [7, 11) is 0. The van der Waals surface area contributed by atoms with Crippen LogP contribution in [0.25, 0.3) is 0 Å². The molecule has 2 aliphatic rings. The van der Waals surface area contributed by atoms with Crippen LogP contribution in [-0.4, -0.2) is 41.2 Å². The van der Waals surface area contributed by atoms with E-state index in [1.165, 1.54) is 12.1 Å². The molecule has 1 saturated heterocycles. The highest BCUT2D eigenvalue weighted by atomic mass is 32.2. The van der Waals surface area contributed by atoms with E-state index in [1.54, 1.807) is 12.3 Å². The number of halogens is 4. The Balaban J connectivity index is 0.00000167. The van der Waals surface area contributed by atoms with Crippen LogP contribution >= 0.6 is 11.9 Å². The first-order valence-corrected chi connectivity index (χ1v) is 13.0. The van der Waals surface area contributed by atoms with Gasteiger partial charge in [0.05, 0.1) is 11.1 Å². The Morgan fingerprint density at radius 1 is 1.17 bits per heavy atom. The van der Waals surface area contributed by atoms with Gasteiger partial charge in [-0.25, -0.2) is 9.37 Å². The molecule has 2 aromatic rings. The van der Waals surface area contributed by atoms with Gasteiger partial charge in [0.1, 0.15) is 11.9 Å². The molecule has 35 heavy (non-hydrogen) atoms. The van der Waals surface area contributed by atoms with Crippen molar-refractivity contribution in [2.75, 3.05) is 19.3 Å². The third-order valence-electron chi connectivity index (χ3n) is 5.97. The number of carbonyl (C=O) groups is 1. The first kappa shape index (κ1) is 27.3. The molecule has 1 aromatic carbocycles. The van der Waals surface area contributed by atoms with Gasteiger partial charge >= 0.3 is 6.18 Å². The number of hydrogen-bond acceptors (Lipinski definition) is 5. The van der Waals surface area contributed by atoms with Crippen molar-refractivity contribution in [1.82, 2.24) is 14.6 Å². The quantitative estimate of drug-likeness (QED) is 0.353. The van der Waals surface area contributed by atoms with Gasteiger partial charge in [0.15, 0.2) is 0 Å². The summed E-state index contributed by atoms with van der Waals surface area (Å²) in [6, 6.07) is 5.39. The second-order valence-electron chi connectivity index (χ2n) is 8.42. The number of ether oxygens (including phenoxy) is 1. The fourth-order valence-electron chi connectivity index (χ4n) is 4.08. The molecule has 1 aromatic heterocycles. The Labute approximate surface area is 207 Å². The largest absolute Gasteiger partial charge is 0.474 e. The van der Waals surface area contributed by atoms with Crippen molar-refractivity contribution in [3.63, 3.8) is 0 Å². The van der Waals surface area contributed by atoms with Crippen molar-refractivity contribution < 1.29 is 27.1 Å². The second-order valence-corrected chi connectivity index (χ2v) is 9.03. The number of likely N-dealkylation sites (tertiary alicyclic amines) is 1. The minimum atomic E-state index is -4.42. The van der Waals surface area contributed by atoms with E-state index in [1.807, 2.05) is 13.8 Å². The van der Waals surface area contributed by atoms with Crippen LogP contribution in [-0.2, 0) is 12.7 Å². The first-order chi connectivity index (χ1) is 16.7. The topological polar surface area (TPSA) is 54.5 Å². The summed E-state index contributed by atoms with van der Waals surface area (Å²) in [5.41, 5.74) is 1.21. The molecule has 192 valence electrons. The molecule has 4 rings (SSSR count). The fraction of sp³-hybridized carbons (Fsp3) is 0.520. The predicted octanol–water partition coefficient (Wildman–Crippen LogP) is 6.19. The molecular weight excluding hydrogens is 482 g/mol. The van der Waals surface area contributed by atoms with Crippen LogP contribution in [0, 0.1) is 5.82 Å². The number of aromatic nitrogens is 1. The van der Waals surface area contributed by atoms with Gasteiger partial charge in [0.2, 0.25) is 5.88 Å². The number of hydrogen-bond donors (Lipinski definition) is 1. The van der Waals surface area contributed by atoms with Crippen LogP contribution in [0.4, 0.5) is 17.6 Å². The molecule has 1 amide bonds. The average Bonchev–Trinajstić information content (AvgIpc) is 3.67. The Morgan fingerprint density at radius 2 is 1.86 bits per heavy atom. The summed E-state index contributed by atoms with van der Waals surface area (Å²) in [5.74, 6) is -0.400. The lowest BCUT2D eigenvalue weighted by Gasteiger charge is -2.32. The number of pyridine rings is 1. The van der Waals surface area contributed by atoms with E-state index in [4.69, 9.17) is 4.74 Å². The third-order valence-corrected chi connectivity index (χ3v) is 6.35. The summed E-state index contributed by atoms with van der Waals surface area (Å²) in [6.45, 7) is 6.01. The predicted molar refractivity (Wildman–Crippen MR) is 129 cm³/mol. The van der Waals surface area contributed by atoms with Crippen molar-refractivity contribution in [1.29, 1.82) is 0 Å². The van der Waals surface area contributed by atoms with Crippen molar-refractivity contribution in [3.05, 3.63) is 58.5 Å². The van der Waals surface area contributed by atoms with Crippen LogP contribution in [0.2, 0.25) is 0 Å². The van der Waals surface area contributed by atoms with Crippen molar-refractivity contribution in [3.8, 4) is 5.88 Å². The van der Waals surface area contributed by atoms with Crippen LogP contribution < -0.4 is 9.46 Å². The van der Waals surface area contributed by atoms with Gasteiger partial charge in [-0.3, -0.25) is 14.4 Å². The van der Waals surface area contributed by atoms with Gasteiger partial charge in [-0.15, -0.1) is 0 Å². The molecule has 2 fully saturated rings. The van der Waals surface area contributed by atoms with Gasteiger partial charge in [0, 0.05) is 38.2 Å². The lowest BCUT2D eigenvalue weighted by Crippen LogP contribution is -2.38. The van der Waals surface area contributed by atoms with Gasteiger partial charge in [-0.1, -0.05) is 25.8 Å². The molecule has 1 aliphatic carbocycles. The first-order valence-electron chi connectivity index (χ1n) is 11.8. The van der Waals surface area contributed by atoms with Gasteiger partial charge in [0.25, 0.3) is 5.91 Å². The van der Waals surface area contributed by atoms with Crippen LogP contribution in [0.3, 0.4) is 0 Å². The number of amides is 1. The molecule has 5 nitrogen and oxygen atoms in total. The molecule has 0 radical (unpaired) electrons. The van der Waals surface area contributed by atoms with E-state index >= 15 is 0 Å². The smallest absolute Gasteiger partial charge is 0.417 e. The van der Waals surface area contributed by atoms with E-state index in [2.05, 4.69) is 14.6 Å². The van der Waals surface area contributed by atoms with E-state index in [9.17, 15) is 22.4 Å². The number of rotatable bonds is 7. The highest BCUT2D eigenvalue weighted by molar-refractivity contribution is 7.97. The zero-order valence-corrected chi connectivity index (χ0v) is 20.9. The molecular formula is C25H31F4N3O2S. The molecule has 2 heterocycles. The molecule has 0 bridgehead atoms. The maximum atomic E-state index is 14.7. The average molecular weight is 514 g/mol. The molecule has 10 heteroatoms. The normalized spacial score (nSPS) is 16.9. The van der Waals surface area contributed by atoms with Crippen molar-refractivity contribution in [2.45, 2.75) is 64.3 Å². The Kier molecular flexibility index (Phi) is 9.40. The number of piperidine rings is 1. The van der Waals surface area contributed by atoms with E-state index in [0.717, 1.165) is 48.2 Å². The Hall–Kier alpha value is -2.33. The highest BCUT2D eigenvalue weighted by Crippen LogP contribution is 2.43. The molecule has 1 saturated carbocycles. The van der Waals surface area contributed by atoms with Crippen LogP contribution in [0.5, 0.6) is 5.88 Å². The summed E-state index contributed by atoms with van der Waals surface area (Å²) in [5, 5.41) is 0. The number of nitrogens with zero attached hydrogens (tertiary/aromatic N) is 2. The number of carbonyl (C=O) groups excluding carboxylic acids is 1. The van der Waals surface area contributed by atoms with E-state index in [0.29, 0.717) is 38.4 Å². The molecule has 0 atom stereocenters. The number of benzene rings is 1. The summed E-state index contributed by atoms with van der Waals surface area (Å²) >= 11 is 1.14. The fourth-order valence-corrected chi connectivity index (χ4v) is 4.37. The zero-order chi connectivity index (χ0) is 25.6. The lowest BCUT2D eigenvalue weighted by atomic mass is 9.97. The standard InChI is InChI=1S/C23H25F4N3O2S.C2H6/c1-33-29-22(31)19-11-18(14-2-3-14)15(10-20(19)24)13-30-8-6-17(7-9-30)32-21-5-4-16(12-28-21)23(25,26)27;1-2/h4-5,10-12,14,17H,2-3,6-9,13H2,1H3,(H,29,31);1-2H3. The highest BCUT2D eigenvalue weighted by Gasteiger charge is 2.32. The Morgan fingerprint density at radius 3 is 2.40 bits per heavy atom. The third kappa shape index (κ3) is 7.33. The van der Waals surface area contributed by atoms with Crippen molar-refractivity contribution >= 4 is 17.9 Å². The molecule has 1 N–H and O–H groups in total. The van der Waals surface area contributed by atoms with Crippen LogP contribution in [0.1, 0.15) is 72.5 Å². The minimum absolute atomic E-state index is 0.0751. The SMILES string of the molecule is CC.CSNC(=O)c1cc(C2CC2)c(CN2CCC(Oc3ccc(C(F)(F)F)cn3)CC2)cc1F. The van der Waals surface area contributed by atoms with Gasteiger partial charge in [-0.2, -0.15) is 13.2 Å².